The van der Waals surface area contributed by atoms with Crippen molar-refractivity contribution in [1.29, 1.82) is 0 Å². The highest BCUT2D eigenvalue weighted by atomic mass is 16.4. The third-order valence-electron chi connectivity index (χ3n) is 13.1. The van der Waals surface area contributed by atoms with Crippen LogP contribution >= 0.6 is 0 Å². The van der Waals surface area contributed by atoms with Crippen molar-refractivity contribution in [3.05, 3.63) is 11.6 Å². The fourth-order valence-electron chi connectivity index (χ4n) is 10.6. The Kier molecular flexibility index (Phi) is 5.36. The summed E-state index contributed by atoms with van der Waals surface area (Å²) in [5.41, 5.74) is 0.677. The number of hydrogen-bond donors (Lipinski definition) is 3. The highest BCUT2D eigenvalue weighted by Gasteiger charge is 2.70. The Morgan fingerprint density at radius 3 is 2.26 bits per heavy atom. The van der Waals surface area contributed by atoms with Gasteiger partial charge in [0.25, 0.3) is 0 Å². The van der Waals surface area contributed by atoms with Gasteiger partial charge in [-0.3, -0.25) is 4.79 Å². The molecule has 192 valence electrons. The third kappa shape index (κ3) is 2.88. The predicted octanol–water partition coefficient (Wildman–Crippen LogP) is 6.21. The topological polar surface area (TPSA) is 77.8 Å². The Bertz CT molecular complexity index is 903. The van der Waals surface area contributed by atoms with Crippen molar-refractivity contribution in [2.75, 3.05) is 6.61 Å². The second-order valence-corrected chi connectivity index (χ2v) is 14.9. The monoisotopic (exact) mass is 472 g/mol. The number of carboxylic acid groups (broad SMARTS) is 1. The van der Waals surface area contributed by atoms with E-state index < -0.39 is 11.4 Å². The molecule has 4 unspecified atom stereocenters. The van der Waals surface area contributed by atoms with E-state index in [0.717, 1.165) is 64.2 Å². The molecule has 34 heavy (non-hydrogen) atoms. The van der Waals surface area contributed by atoms with Crippen LogP contribution in [0.3, 0.4) is 0 Å². The van der Waals surface area contributed by atoms with Crippen molar-refractivity contribution < 1.29 is 20.1 Å². The van der Waals surface area contributed by atoms with Gasteiger partial charge in [-0.2, -0.15) is 0 Å². The number of fused-ring (bicyclic) bond motifs is 7. The molecular formula is C30H48O4. The molecule has 0 aromatic rings. The van der Waals surface area contributed by atoms with Gasteiger partial charge in [-0.1, -0.05) is 53.2 Å². The van der Waals surface area contributed by atoms with E-state index >= 15 is 0 Å². The molecule has 5 aliphatic carbocycles. The fraction of sp³-hybridized carbons (Fsp3) is 0.900. The van der Waals surface area contributed by atoms with E-state index in [1.54, 1.807) is 0 Å². The van der Waals surface area contributed by atoms with E-state index in [-0.39, 0.29) is 45.7 Å². The van der Waals surface area contributed by atoms with E-state index in [4.69, 9.17) is 0 Å². The average Bonchev–Trinajstić information content (AvgIpc) is 2.76. The summed E-state index contributed by atoms with van der Waals surface area (Å²) in [6.07, 6.45) is 11.4. The van der Waals surface area contributed by atoms with Gasteiger partial charge < -0.3 is 15.3 Å². The van der Waals surface area contributed by atoms with Crippen molar-refractivity contribution in [3.8, 4) is 0 Å². The van der Waals surface area contributed by atoms with E-state index in [1.807, 2.05) is 0 Å². The normalized spacial score (nSPS) is 51.2. The Hall–Kier alpha value is -0.870. The summed E-state index contributed by atoms with van der Waals surface area (Å²) in [4.78, 5) is 12.8. The molecule has 4 heteroatoms. The molecule has 0 spiro atoms. The standard InChI is InChI=1S/C30H48O4/c1-25(2)13-15-29(24(33)34)16-14-27(5)19(20(29)17-25)7-8-22-28(27,6)11-9-21-26(3,4)23(32)10-12-30(21,22)18-31/h7,20-23,31-32H,8-18H2,1-6H3,(H,33,34)/t20?,21?,22?,23?,27-,28-,29+,30-/m1/s1. The van der Waals surface area contributed by atoms with Crippen LogP contribution in [0.2, 0.25) is 0 Å². The Morgan fingerprint density at radius 1 is 0.941 bits per heavy atom. The van der Waals surface area contributed by atoms with Crippen molar-refractivity contribution in [1.82, 2.24) is 0 Å². The van der Waals surface area contributed by atoms with Gasteiger partial charge in [-0.25, -0.2) is 0 Å². The van der Waals surface area contributed by atoms with E-state index in [0.29, 0.717) is 11.8 Å². The van der Waals surface area contributed by atoms with Crippen LogP contribution in [0.5, 0.6) is 0 Å². The number of aliphatic hydroxyl groups excluding tert-OH is 2. The second-order valence-electron chi connectivity index (χ2n) is 14.9. The average molecular weight is 473 g/mol. The number of aliphatic hydroxyl groups is 2. The lowest BCUT2D eigenvalue weighted by molar-refractivity contribution is -0.223. The maximum absolute atomic E-state index is 12.8. The molecule has 0 bridgehead atoms. The van der Waals surface area contributed by atoms with Crippen LogP contribution in [0.4, 0.5) is 0 Å². The lowest BCUT2D eigenvalue weighted by Gasteiger charge is -2.71. The van der Waals surface area contributed by atoms with Gasteiger partial charge in [0.05, 0.1) is 11.5 Å². The maximum atomic E-state index is 12.8. The summed E-state index contributed by atoms with van der Waals surface area (Å²) in [5, 5.41) is 32.4. The van der Waals surface area contributed by atoms with E-state index in [2.05, 4.69) is 47.6 Å². The Balaban J connectivity index is 1.62. The van der Waals surface area contributed by atoms with Crippen LogP contribution in [0, 0.1) is 50.2 Å². The maximum Gasteiger partial charge on any atom is 0.310 e. The Morgan fingerprint density at radius 2 is 1.62 bits per heavy atom. The number of allylic oxidation sites excluding steroid dienone is 2. The zero-order chi connectivity index (χ0) is 24.9. The molecule has 0 amide bonds. The van der Waals surface area contributed by atoms with Crippen molar-refractivity contribution in [2.45, 2.75) is 112 Å². The molecule has 5 rings (SSSR count). The summed E-state index contributed by atoms with van der Waals surface area (Å²) in [6.45, 7) is 14.2. The van der Waals surface area contributed by atoms with Crippen LogP contribution in [-0.4, -0.2) is 34.0 Å². The molecule has 0 saturated heterocycles. The molecule has 0 aromatic carbocycles. The predicted molar refractivity (Wildman–Crippen MR) is 134 cm³/mol. The van der Waals surface area contributed by atoms with Gasteiger partial charge >= 0.3 is 5.97 Å². The minimum atomic E-state index is -0.604. The van der Waals surface area contributed by atoms with Crippen LogP contribution in [0.15, 0.2) is 11.6 Å². The minimum Gasteiger partial charge on any atom is -0.481 e. The molecule has 0 aromatic heterocycles. The van der Waals surface area contributed by atoms with Gasteiger partial charge in [0.15, 0.2) is 0 Å². The van der Waals surface area contributed by atoms with E-state index in [9.17, 15) is 20.1 Å². The highest BCUT2D eigenvalue weighted by Crippen LogP contribution is 2.75. The molecule has 3 N–H and O–H groups in total. The fourth-order valence-corrected chi connectivity index (χ4v) is 10.6. The van der Waals surface area contributed by atoms with Crippen LogP contribution in [-0.2, 0) is 4.79 Å². The van der Waals surface area contributed by atoms with Crippen molar-refractivity contribution >= 4 is 5.97 Å². The van der Waals surface area contributed by atoms with Crippen molar-refractivity contribution in [3.63, 3.8) is 0 Å². The van der Waals surface area contributed by atoms with Gasteiger partial charge in [0.1, 0.15) is 0 Å². The van der Waals surface area contributed by atoms with Crippen molar-refractivity contribution in [2.24, 2.45) is 50.2 Å². The van der Waals surface area contributed by atoms with Gasteiger partial charge in [0.2, 0.25) is 0 Å². The van der Waals surface area contributed by atoms with Gasteiger partial charge in [0, 0.05) is 12.0 Å². The largest absolute Gasteiger partial charge is 0.481 e. The molecule has 5 aliphatic rings. The molecule has 4 nitrogen and oxygen atoms in total. The zero-order valence-electron chi connectivity index (χ0n) is 22.4. The first-order valence-corrected chi connectivity index (χ1v) is 13.9. The molecule has 8 atom stereocenters. The molecule has 0 radical (unpaired) electrons. The molecule has 0 heterocycles. The van der Waals surface area contributed by atoms with Gasteiger partial charge in [-0.05, 0) is 104 Å². The first kappa shape index (κ1) is 24.8. The van der Waals surface area contributed by atoms with Gasteiger partial charge in [-0.15, -0.1) is 0 Å². The number of rotatable bonds is 2. The summed E-state index contributed by atoms with van der Waals surface area (Å²) < 4.78 is 0. The zero-order valence-corrected chi connectivity index (χ0v) is 22.4. The second kappa shape index (κ2) is 7.34. The Labute approximate surface area is 206 Å². The summed E-state index contributed by atoms with van der Waals surface area (Å²) in [5.74, 6) is 0.235. The molecule has 4 fully saturated rings. The summed E-state index contributed by atoms with van der Waals surface area (Å²) in [6, 6.07) is 0. The SMILES string of the molecule is CC1(C)CC[C@]2(C(=O)O)CC[C@]3(C)C(=CCC4[C@@]5(CO)CCC(O)C(C)(C)C5CC[C@]43C)C2C1. The minimum absolute atomic E-state index is 0.0275. The van der Waals surface area contributed by atoms with Crippen LogP contribution in [0.1, 0.15) is 106 Å². The lowest BCUT2D eigenvalue weighted by Crippen LogP contribution is -2.66. The molecule has 4 saturated carbocycles. The lowest BCUT2D eigenvalue weighted by atomic mass is 9.33. The first-order chi connectivity index (χ1) is 15.7. The molecule has 0 aliphatic heterocycles. The van der Waals surface area contributed by atoms with Crippen LogP contribution < -0.4 is 0 Å². The number of carbonyl (C=O) groups is 1. The smallest absolute Gasteiger partial charge is 0.310 e. The quantitative estimate of drug-likeness (QED) is 0.418. The van der Waals surface area contributed by atoms with Crippen LogP contribution in [0.25, 0.3) is 0 Å². The third-order valence-corrected chi connectivity index (χ3v) is 13.1. The number of hydrogen-bond acceptors (Lipinski definition) is 3. The number of aliphatic carboxylic acids is 1. The highest BCUT2D eigenvalue weighted by molar-refractivity contribution is 5.76. The first-order valence-electron chi connectivity index (χ1n) is 13.9. The summed E-state index contributed by atoms with van der Waals surface area (Å²) >= 11 is 0. The summed E-state index contributed by atoms with van der Waals surface area (Å²) in [7, 11) is 0. The number of carboxylic acids is 1. The molecular weight excluding hydrogens is 424 g/mol. The van der Waals surface area contributed by atoms with E-state index in [1.165, 1.54) is 5.57 Å².